The Morgan fingerprint density at radius 1 is 1.17 bits per heavy atom. The molecule has 1 atom stereocenters. The summed E-state index contributed by atoms with van der Waals surface area (Å²) in [7, 11) is -3.30. The lowest BCUT2D eigenvalue weighted by Gasteiger charge is -2.09. The lowest BCUT2D eigenvalue weighted by atomic mass is 10.3. The van der Waals surface area contributed by atoms with Crippen LogP contribution >= 0.6 is 0 Å². The molecule has 2 heterocycles. The van der Waals surface area contributed by atoms with Crippen molar-refractivity contribution in [1.29, 1.82) is 0 Å². The largest absolute Gasteiger partial charge is 0.490 e. The Balaban J connectivity index is 1.90. The third kappa shape index (κ3) is 2.44. The SMILES string of the molecule is O=S(=O)(CC1CO1)c1ccc2c(c1)OCCCO2. The second-order valence-electron chi connectivity index (χ2n) is 4.40. The molecular formula is C12H14O5S. The summed E-state index contributed by atoms with van der Waals surface area (Å²) in [5.74, 6) is 1.14. The van der Waals surface area contributed by atoms with Gasteiger partial charge in [-0.2, -0.15) is 0 Å². The molecule has 6 heteroatoms. The molecule has 0 amide bonds. The Morgan fingerprint density at radius 2 is 1.89 bits per heavy atom. The van der Waals surface area contributed by atoms with Gasteiger partial charge in [-0.1, -0.05) is 0 Å². The first-order valence-corrected chi connectivity index (χ1v) is 7.54. The van der Waals surface area contributed by atoms with Crippen LogP contribution < -0.4 is 9.47 Å². The van der Waals surface area contributed by atoms with Crippen LogP contribution in [0, 0.1) is 0 Å². The Bertz CT molecular complexity index is 548. The molecule has 3 rings (SSSR count). The van der Waals surface area contributed by atoms with E-state index in [4.69, 9.17) is 14.2 Å². The van der Waals surface area contributed by atoms with E-state index in [0.717, 1.165) is 6.42 Å². The quantitative estimate of drug-likeness (QED) is 0.767. The van der Waals surface area contributed by atoms with Crippen LogP contribution in [0.25, 0.3) is 0 Å². The number of hydrogen-bond donors (Lipinski definition) is 0. The molecule has 2 aliphatic heterocycles. The van der Waals surface area contributed by atoms with Crippen molar-refractivity contribution in [3.05, 3.63) is 18.2 Å². The maximum Gasteiger partial charge on any atom is 0.181 e. The van der Waals surface area contributed by atoms with Gasteiger partial charge in [-0.05, 0) is 12.1 Å². The van der Waals surface area contributed by atoms with E-state index in [2.05, 4.69) is 0 Å². The van der Waals surface area contributed by atoms with Crippen molar-refractivity contribution >= 4 is 9.84 Å². The molecule has 1 unspecified atom stereocenters. The van der Waals surface area contributed by atoms with E-state index >= 15 is 0 Å². The third-order valence-electron chi connectivity index (χ3n) is 2.89. The van der Waals surface area contributed by atoms with Crippen LogP contribution in [-0.2, 0) is 14.6 Å². The Morgan fingerprint density at radius 3 is 2.61 bits per heavy atom. The summed E-state index contributed by atoms with van der Waals surface area (Å²) in [5, 5.41) is 0. The first-order valence-electron chi connectivity index (χ1n) is 5.89. The van der Waals surface area contributed by atoms with Crippen molar-refractivity contribution in [3.63, 3.8) is 0 Å². The summed E-state index contributed by atoms with van der Waals surface area (Å²) >= 11 is 0. The predicted molar refractivity (Wildman–Crippen MR) is 63.8 cm³/mol. The van der Waals surface area contributed by atoms with Crippen LogP contribution in [0.3, 0.4) is 0 Å². The normalized spacial score (nSPS) is 22.3. The lowest BCUT2D eigenvalue weighted by Crippen LogP contribution is -2.11. The topological polar surface area (TPSA) is 65.1 Å². The number of epoxide rings is 1. The fourth-order valence-electron chi connectivity index (χ4n) is 1.84. The molecule has 0 aliphatic carbocycles. The van der Waals surface area contributed by atoms with Crippen molar-refractivity contribution in [2.45, 2.75) is 17.4 Å². The smallest absolute Gasteiger partial charge is 0.181 e. The van der Waals surface area contributed by atoms with Gasteiger partial charge in [0.05, 0.1) is 36.6 Å². The molecule has 18 heavy (non-hydrogen) atoms. The van der Waals surface area contributed by atoms with Gasteiger partial charge in [0.15, 0.2) is 21.3 Å². The van der Waals surface area contributed by atoms with Gasteiger partial charge in [0.2, 0.25) is 0 Å². The molecule has 0 aromatic heterocycles. The standard InChI is InChI=1S/C12H14O5S/c13-18(14,8-9-7-17-9)10-2-3-11-12(6-10)16-5-1-4-15-11/h2-3,6,9H,1,4-5,7-8H2. The van der Waals surface area contributed by atoms with Gasteiger partial charge < -0.3 is 14.2 Å². The molecule has 98 valence electrons. The van der Waals surface area contributed by atoms with Gasteiger partial charge in [-0.15, -0.1) is 0 Å². The van der Waals surface area contributed by atoms with Crippen molar-refractivity contribution in [2.24, 2.45) is 0 Å². The highest BCUT2D eigenvalue weighted by molar-refractivity contribution is 7.91. The second-order valence-corrected chi connectivity index (χ2v) is 6.43. The number of ether oxygens (including phenoxy) is 3. The molecule has 2 aliphatic rings. The maximum atomic E-state index is 12.1. The van der Waals surface area contributed by atoms with Gasteiger partial charge in [0, 0.05) is 12.5 Å². The summed E-state index contributed by atoms with van der Waals surface area (Å²) < 4.78 is 40.1. The van der Waals surface area contributed by atoms with E-state index in [1.54, 1.807) is 18.2 Å². The van der Waals surface area contributed by atoms with Gasteiger partial charge in [-0.3, -0.25) is 0 Å². The average molecular weight is 270 g/mol. The molecule has 5 nitrogen and oxygen atoms in total. The van der Waals surface area contributed by atoms with E-state index in [0.29, 0.717) is 31.3 Å². The number of rotatable bonds is 3. The highest BCUT2D eigenvalue weighted by atomic mass is 32.2. The maximum absolute atomic E-state index is 12.1. The molecule has 1 aromatic carbocycles. The monoisotopic (exact) mass is 270 g/mol. The van der Waals surface area contributed by atoms with Crippen LogP contribution in [0.4, 0.5) is 0 Å². The molecular weight excluding hydrogens is 256 g/mol. The van der Waals surface area contributed by atoms with E-state index in [1.165, 1.54) is 0 Å². The molecule has 0 spiro atoms. The van der Waals surface area contributed by atoms with Crippen molar-refractivity contribution in [1.82, 2.24) is 0 Å². The van der Waals surface area contributed by atoms with Gasteiger partial charge in [-0.25, -0.2) is 8.42 Å². The number of benzene rings is 1. The molecule has 0 N–H and O–H groups in total. The average Bonchev–Trinajstić information content (AvgIpc) is 3.13. The van der Waals surface area contributed by atoms with E-state index in [1.807, 2.05) is 0 Å². The van der Waals surface area contributed by atoms with E-state index < -0.39 is 9.84 Å². The van der Waals surface area contributed by atoms with Crippen molar-refractivity contribution in [3.8, 4) is 11.5 Å². The zero-order valence-electron chi connectivity index (χ0n) is 9.79. The minimum Gasteiger partial charge on any atom is -0.490 e. The van der Waals surface area contributed by atoms with Crippen LogP contribution in [0.1, 0.15) is 6.42 Å². The summed E-state index contributed by atoms with van der Waals surface area (Å²) in [4.78, 5) is 0.266. The van der Waals surface area contributed by atoms with E-state index in [-0.39, 0.29) is 16.8 Å². The minimum absolute atomic E-state index is 0.0344. The summed E-state index contributed by atoms with van der Waals surface area (Å²) in [6.45, 7) is 1.67. The fraction of sp³-hybridized carbons (Fsp3) is 0.500. The first kappa shape index (κ1) is 11.8. The lowest BCUT2D eigenvalue weighted by molar-refractivity contribution is 0.297. The summed E-state index contributed by atoms with van der Waals surface area (Å²) in [5.41, 5.74) is 0. The summed E-state index contributed by atoms with van der Waals surface area (Å²) in [6.07, 6.45) is 0.651. The highest BCUT2D eigenvalue weighted by Crippen LogP contribution is 2.32. The Labute approximate surface area is 106 Å². The second kappa shape index (κ2) is 4.44. The number of sulfone groups is 1. The van der Waals surface area contributed by atoms with E-state index in [9.17, 15) is 8.42 Å². The van der Waals surface area contributed by atoms with Gasteiger partial charge >= 0.3 is 0 Å². The van der Waals surface area contributed by atoms with Crippen LogP contribution in [-0.4, -0.2) is 40.1 Å². The molecule has 1 aromatic rings. The van der Waals surface area contributed by atoms with Gasteiger partial charge in [0.25, 0.3) is 0 Å². The van der Waals surface area contributed by atoms with Crippen molar-refractivity contribution < 1.29 is 22.6 Å². The molecule has 1 fully saturated rings. The Kier molecular flexibility index (Phi) is 2.91. The molecule has 1 saturated heterocycles. The Hall–Kier alpha value is -1.27. The van der Waals surface area contributed by atoms with Crippen molar-refractivity contribution in [2.75, 3.05) is 25.6 Å². The van der Waals surface area contributed by atoms with Crippen LogP contribution in [0.5, 0.6) is 11.5 Å². The predicted octanol–water partition coefficient (Wildman–Crippen LogP) is 1.02. The van der Waals surface area contributed by atoms with Crippen LogP contribution in [0.15, 0.2) is 23.1 Å². The zero-order valence-corrected chi connectivity index (χ0v) is 10.6. The minimum atomic E-state index is -3.30. The molecule has 0 bridgehead atoms. The number of fused-ring (bicyclic) bond motifs is 1. The summed E-state index contributed by atoms with van der Waals surface area (Å²) in [6, 6.07) is 4.75. The first-order chi connectivity index (χ1) is 8.65. The molecule has 0 radical (unpaired) electrons. The molecule has 0 saturated carbocycles. The van der Waals surface area contributed by atoms with Crippen LogP contribution in [0.2, 0.25) is 0 Å². The number of hydrogen-bond acceptors (Lipinski definition) is 5. The van der Waals surface area contributed by atoms with Gasteiger partial charge in [0.1, 0.15) is 0 Å². The zero-order chi connectivity index (χ0) is 12.6. The third-order valence-corrected chi connectivity index (χ3v) is 4.67. The highest BCUT2D eigenvalue weighted by Gasteiger charge is 2.31. The fourth-order valence-corrected chi connectivity index (χ4v) is 3.28.